The van der Waals surface area contributed by atoms with Crippen molar-refractivity contribution in [2.45, 2.75) is 52.0 Å². The van der Waals surface area contributed by atoms with Gasteiger partial charge in [-0.15, -0.1) is 0 Å². The summed E-state index contributed by atoms with van der Waals surface area (Å²) in [6, 6.07) is 0. The smallest absolute Gasteiger partial charge is 0.356 e. The Kier molecular flexibility index (Phi) is 7.33. The van der Waals surface area contributed by atoms with Crippen LogP contribution in [-0.2, 0) is 23.9 Å². The second-order valence-corrected chi connectivity index (χ2v) is 5.10. The maximum Gasteiger partial charge on any atom is 0.356 e. The average molecular weight is 321 g/mol. The summed E-state index contributed by atoms with van der Waals surface area (Å²) >= 11 is 0. The van der Waals surface area contributed by atoms with Gasteiger partial charge in [-0.2, -0.15) is 0 Å². The van der Waals surface area contributed by atoms with Crippen LogP contribution in [-0.4, -0.2) is 36.6 Å². The van der Waals surface area contributed by atoms with E-state index >= 15 is 0 Å². The molecule has 0 fully saturated rings. The molecule has 0 spiro atoms. The Bertz CT molecular complexity index is 535. The van der Waals surface area contributed by atoms with Gasteiger partial charge in [-0.05, 0) is 51.0 Å². The van der Waals surface area contributed by atoms with Gasteiger partial charge < -0.3 is 14.8 Å². The Morgan fingerprint density at radius 1 is 1.17 bits per heavy atom. The highest BCUT2D eigenvalue weighted by atomic mass is 16.6. The van der Waals surface area contributed by atoms with E-state index in [0.717, 1.165) is 31.3 Å². The minimum Gasteiger partial charge on any atom is -0.463 e. The predicted octanol–water partition coefficient (Wildman–Crippen LogP) is 1.49. The van der Waals surface area contributed by atoms with E-state index in [-0.39, 0.29) is 13.2 Å². The molecule has 0 bridgehead atoms. The first kappa shape index (κ1) is 18.8. The van der Waals surface area contributed by atoms with E-state index in [2.05, 4.69) is 17.2 Å². The highest BCUT2D eigenvalue weighted by Gasteiger charge is 2.49. The lowest BCUT2D eigenvalue weighted by Crippen LogP contribution is -2.60. The van der Waals surface area contributed by atoms with Crippen LogP contribution >= 0.6 is 0 Å². The van der Waals surface area contributed by atoms with Crippen molar-refractivity contribution in [2.24, 2.45) is 0 Å². The molecule has 0 unspecified atom stereocenters. The summed E-state index contributed by atoms with van der Waals surface area (Å²) < 4.78 is 9.88. The molecule has 1 N–H and O–H groups in total. The van der Waals surface area contributed by atoms with Crippen molar-refractivity contribution in [3.05, 3.63) is 11.6 Å². The first-order valence-electron chi connectivity index (χ1n) is 7.81. The molecule has 6 heteroatoms. The van der Waals surface area contributed by atoms with Gasteiger partial charge in [0.1, 0.15) is 0 Å². The molecular formula is C17H23NO5. The lowest BCUT2D eigenvalue weighted by molar-refractivity contribution is -0.164. The number of nitrogens with one attached hydrogen (secondary N) is 1. The van der Waals surface area contributed by atoms with Crippen LogP contribution < -0.4 is 5.32 Å². The summed E-state index contributed by atoms with van der Waals surface area (Å²) in [4.78, 5) is 36.2. The zero-order chi connectivity index (χ0) is 17.3. The average Bonchev–Trinajstić information content (AvgIpc) is 2.52. The fourth-order valence-corrected chi connectivity index (χ4v) is 2.19. The van der Waals surface area contributed by atoms with E-state index in [0.29, 0.717) is 0 Å². The molecule has 1 aliphatic rings. The number of hydrogen-bond donors (Lipinski definition) is 1. The SMILES string of the molecule is CCOC(=O)C(C#CC1=CCCCC1)(NC(C)=O)C(=O)OCC. The van der Waals surface area contributed by atoms with Crippen LogP contribution in [0.25, 0.3) is 0 Å². The molecule has 0 aromatic carbocycles. The fraction of sp³-hybridized carbons (Fsp3) is 0.588. The van der Waals surface area contributed by atoms with Gasteiger partial charge in [0.05, 0.1) is 13.2 Å². The van der Waals surface area contributed by atoms with E-state index in [1.807, 2.05) is 6.08 Å². The van der Waals surface area contributed by atoms with Crippen LogP contribution in [0.1, 0.15) is 46.5 Å². The first-order valence-corrected chi connectivity index (χ1v) is 7.81. The van der Waals surface area contributed by atoms with Crippen LogP contribution in [0.2, 0.25) is 0 Å². The molecule has 0 saturated carbocycles. The van der Waals surface area contributed by atoms with E-state index in [9.17, 15) is 14.4 Å². The molecule has 0 aromatic rings. The standard InChI is InChI=1S/C17H23NO5/c1-4-22-15(20)17(18-13(3)19,16(21)23-5-2)12-11-14-9-7-6-8-10-14/h9H,4-8,10H2,1-3H3,(H,18,19). The minimum absolute atomic E-state index is 0.0595. The van der Waals surface area contributed by atoms with Crippen LogP contribution in [0.4, 0.5) is 0 Å². The van der Waals surface area contributed by atoms with Crippen LogP contribution in [0.5, 0.6) is 0 Å². The molecule has 1 aliphatic carbocycles. The topological polar surface area (TPSA) is 81.7 Å². The molecule has 23 heavy (non-hydrogen) atoms. The molecule has 6 nitrogen and oxygen atoms in total. The van der Waals surface area contributed by atoms with E-state index in [1.165, 1.54) is 6.92 Å². The predicted molar refractivity (Wildman–Crippen MR) is 84.1 cm³/mol. The number of esters is 2. The molecule has 0 radical (unpaired) electrons. The zero-order valence-corrected chi connectivity index (χ0v) is 13.9. The summed E-state index contributed by atoms with van der Waals surface area (Å²) in [6.45, 7) is 4.54. The van der Waals surface area contributed by atoms with Crippen molar-refractivity contribution in [1.82, 2.24) is 5.32 Å². The van der Waals surface area contributed by atoms with Crippen molar-refractivity contribution < 1.29 is 23.9 Å². The second-order valence-electron chi connectivity index (χ2n) is 5.10. The van der Waals surface area contributed by atoms with Crippen molar-refractivity contribution in [3.63, 3.8) is 0 Å². The number of amides is 1. The number of rotatable bonds is 5. The molecule has 0 atom stereocenters. The Balaban J connectivity index is 3.26. The molecule has 1 rings (SSSR count). The van der Waals surface area contributed by atoms with Crippen LogP contribution in [0, 0.1) is 11.8 Å². The lowest BCUT2D eigenvalue weighted by atomic mass is 9.96. The van der Waals surface area contributed by atoms with E-state index in [1.54, 1.807) is 13.8 Å². The van der Waals surface area contributed by atoms with Gasteiger partial charge in [0.15, 0.2) is 0 Å². The third-order valence-corrected chi connectivity index (χ3v) is 3.23. The number of ether oxygens (including phenoxy) is 2. The van der Waals surface area contributed by atoms with Gasteiger partial charge >= 0.3 is 11.9 Å². The Labute approximate surface area is 136 Å². The quantitative estimate of drug-likeness (QED) is 0.471. The van der Waals surface area contributed by atoms with Gasteiger partial charge in [0.25, 0.3) is 5.54 Å². The monoisotopic (exact) mass is 321 g/mol. The highest BCUT2D eigenvalue weighted by Crippen LogP contribution is 2.17. The minimum atomic E-state index is -2.13. The fourth-order valence-electron chi connectivity index (χ4n) is 2.19. The highest BCUT2D eigenvalue weighted by molar-refractivity contribution is 6.11. The summed E-state index contributed by atoms with van der Waals surface area (Å²) in [5.41, 5.74) is -1.28. The Hall–Kier alpha value is -2.29. The second kappa shape index (κ2) is 8.99. The number of hydrogen-bond acceptors (Lipinski definition) is 5. The maximum absolute atomic E-state index is 12.3. The van der Waals surface area contributed by atoms with Crippen molar-refractivity contribution in [3.8, 4) is 11.8 Å². The van der Waals surface area contributed by atoms with Gasteiger partial charge in [-0.1, -0.05) is 12.0 Å². The van der Waals surface area contributed by atoms with Gasteiger partial charge in [0.2, 0.25) is 5.91 Å². The van der Waals surface area contributed by atoms with Crippen LogP contribution in [0.15, 0.2) is 11.6 Å². The van der Waals surface area contributed by atoms with Crippen molar-refractivity contribution in [2.75, 3.05) is 13.2 Å². The van der Waals surface area contributed by atoms with Gasteiger partial charge in [-0.25, -0.2) is 9.59 Å². The third-order valence-electron chi connectivity index (χ3n) is 3.23. The molecule has 0 heterocycles. The van der Waals surface area contributed by atoms with Crippen LogP contribution in [0.3, 0.4) is 0 Å². The maximum atomic E-state index is 12.3. The normalized spacial score (nSPS) is 14.0. The first-order chi connectivity index (χ1) is 11.0. The van der Waals surface area contributed by atoms with E-state index in [4.69, 9.17) is 9.47 Å². The summed E-state index contributed by atoms with van der Waals surface area (Å²) in [5.74, 6) is 3.01. The number of carbonyl (C=O) groups is 3. The van der Waals surface area contributed by atoms with Crippen molar-refractivity contribution in [1.29, 1.82) is 0 Å². The lowest BCUT2D eigenvalue weighted by Gasteiger charge is -2.24. The van der Waals surface area contributed by atoms with Gasteiger partial charge in [-0.3, -0.25) is 4.79 Å². The summed E-state index contributed by atoms with van der Waals surface area (Å²) in [7, 11) is 0. The molecule has 0 saturated heterocycles. The Morgan fingerprint density at radius 2 is 1.78 bits per heavy atom. The third kappa shape index (κ3) is 5.13. The van der Waals surface area contributed by atoms with Gasteiger partial charge in [0, 0.05) is 6.92 Å². The molecular weight excluding hydrogens is 298 g/mol. The van der Waals surface area contributed by atoms with Crippen molar-refractivity contribution >= 4 is 17.8 Å². The molecule has 0 aliphatic heterocycles. The molecule has 1 amide bonds. The largest absolute Gasteiger partial charge is 0.463 e. The zero-order valence-electron chi connectivity index (χ0n) is 13.9. The number of allylic oxidation sites excluding steroid dienone is 2. The Morgan fingerprint density at radius 3 is 2.22 bits per heavy atom. The molecule has 126 valence electrons. The summed E-state index contributed by atoms with van der Waals surface area (Å²) in [6.07, 6.45) is 5.78. The summed E-state index contributed by atoms with van der Waals surface area (Å²) in [5, 5.41) is 2.31. The van der Waals surface area contributed by atoms with E-state index < -0.39 is 23.4 Å². The number of carbonyl (C=O) groups excluding carboxylic acids is 3. The molecule has 0 aromatic heterocycles.